The predicted molar refractivity (Wildman–Crippen MR) is 80.3 cm³/mol. The molecule has 0 fully saturated rings. The molecular weight excluding hydrogens is 310 g/mol. The Bertz CT molecular complexity index is 427. The van der Waals surface area contributed by atoms with Gasteiger partial charge in [0.05, 0.1) is 4.47 Å². The molecule has 1 rings (SSSR count). The van der Waals surface area contributed by atoms with E-state index in [2.05, 4.69) is 48.8 Å². The summed E-state index contributed by atoms with van der Waals surface area (Å²) in [4.78, 5) is 20.2. The Morgan fingerprint density at radius 3 is 2.84 bits per heavy atom. The van der Waals surface area contributed by atoms with E-state index in [0.717, 1.165) is 17.4 Å². The molecule has 1 aromatic rings. The van der Waals surface area contributed by atoms with Gasteiger partial charge in [-0.3, -0.25) is 4.79 Å². The molecule has 0 aliphatic rings. The van der Waals surface area contributed by atoms with Crippen molar-refractivity contribution in [2.45, 2.75) is 33.2 Å². The van der Waals surface area contributed by atoms with E-state index in [1.165, 1.54) is 0 Å². The van der Waals surface area contributed by atoms with Crippen molar-refractivity contribution in [3.63, 3.8) is 0 Å². The van der Waals surface area contributed by atoms with E-state index in [1.807, 2.05) is 6.92 Å². The molecular formula is C12H20BrN5O. The van der Waals surface area contributed by atoms with Gasteiger partial charge in [0.15, 0.2) is 0 Å². The first-order valence-electron chi connectivity index (χ1n) is 6.39. The minimum atomic E-state index is -0.356. The smallest absolute Gasteiger partial charge is 0.242 e. The lowest BCUT2D eigenvalue weighted by Crippen LogP contribution is -2.37. The summed E-state index contributed by atoms with van der Waals surface area (Å²) in [6.45, 7) is 7.17. The van der Waals surface area contributed by atoms with Crippen molar-refractivity contribution in [2.24, 2.45) is 0 Å². The van der Waals surface area contributed by atoms with E-state index in [1.54, 1.807) is 13.1 Å². The van der Waals surface area contributed by atoms with Gasteiger partial charge in [-0.05, 0) is 36.2 Å². The molecule has 0 aliphatic carbocycles. The molecule has 0 bridgehead atoms. The van der Waals surface area contributed by atoms with Crippen LogP contribution in [0.5, 0.6) is 0 Å². The number of nitrogens with zero attached hydrogens (tertiary/aromatic N) is 2. The van der Waals surface area contributed by atoms with Crippen LogP contribution in [0.1, 0.15) is 27.2 Å². The van der Waals surface area contributed by atoms with Crippen LogP contribution in [-0.2, 0) is 4.79 Å². The van der Waals surface area contributed by atoms with Crippen molar-refractivity contribution >= 4 is 33.6 Å². The molecule has 19 heavy (non-hydrogen) atoms. The second kappa shape index (κ2) is 7.93. The van der Waals surface area contributed by atoms with E-state index in [-0.39, 0.29) is 11.9 Å². The summed E-state index contributed by atoms with van der Waals surface area (Å²) >= 11 is 3.37. The van der Waals surface area contributed by atoms with Crippen LogP contribution in [0.2, 0.25) is 0 Å². The second-order valence-corrected chi connectivity index (χ2v) is 4.93. The molecule has 0 spiro atoms. The number of nitrogens with one attached hydrogen (secondary N) is 3. The monoisotopic (exact) mass is 329 g/mol. The van der Waals surface area contributed by atoms with Gasteiger partial charge in [-0.2, -0.15) is 4.98 Å². The molecule has 1 aromatic heterocycles. The standard InChI is InChI=1S/C12H20BrN5O/c1-4-6-15-12-16-7-9(13)10(18-12)17-8(3)11(19)14-5-2/h7-8H,4-6H2,1-3H3,(H,14,19)(H2,15,16,17,18). The topological polar surface area (TPSA) is 78.9 Å². The largest absolute Gasteiger partial charge is 0.358 e. The minimum absolute atomic E-state index is 0.0592. The maximum absolute atomic E-state index is 11.7. The van der Waals surface area contributed by atoms with Crippen molar-refractivity contribution in [1.29, 1.82) is 0 Å². The number of amides is 1. The van der Waals surface area contributed by atoms with E-state index in [9.17, 15) is 4.79 Å². The zero-order valence-corrected chi connectivity index (χ0v) is 13.0. The number of likely N-dealkylation sites (N-methyl/N-ethyl adjacent to an activating group) is 1. The number of rotatable bonds is 7. The van der Waals surface area contributed by atoms with Crippen LogP contribution in [-0.4, -0.2) is 35.0 Å². The maximum atomic E-state index is 11.7. The Balaban J connectivity index is 2.73. The van der Waals surface area contributed by atoms with Gasteiger partial charge < -0.3 is 16.0 Å². The summed E-state index contributed by atoms with van der Waals surface area (Å²) in [5, 5.41) is 8.93. The summed E-state index contributed by atoms with van der Waals surface area (Å²) < 4.78 is 0.727. The van der Waals surface area contributed by atoms with Gasteiger partial charge in [0.25, 0.3) is 0 Å². The lowest BCUT2D eigenvalue weighted by atomic mass is 10.3. The highest BCUT2D eigenvalue weighted by Gasteiger charge is 2.14. The van der Waals surface area contributed by atoms with Crippen molar-refractivity contribution in [2.75, 3.05) is 23.7 Å². The van der Waals surface area contributed by atoms with Gasteiger partial charge in [0, 0.05) is 19.3 Å². The van der Waals surface area contributed by atoms with Crippen LogP contribution in [0.25, 0.3) is 0 Å². The molecule has 1 amide bonds. The van der Waals surface area contributed by atoms with Crippen LogP contribution in [0.4, 0.5) is 11.8 Å². The minimum Gasteiger partial charge on any atom is -0.358 e. The quantitative estimate of drug-likeness (QED) is 0.713. The predicted octanol–water partition coefficient (Wildman–Crippen LogP) is 2.00. The highest BCUT2D eigenvalue weighted by molar-refractivity contribution is 9.10. The molecule has 0 saturated carbocycles. The van der Waals surface area contributed by atoms with E-state index < -0.39 is 0 Å². The Morgan fingerprint density at radius 2 is 2.21 bits per heavy atom. The average molecular weight is 330 g/mol. The fraction of sp³-hybridized carbons (Fsp3) is 0.583. The normalized spacial score (nSPS) is 11.8. The maximum Gasteiger partial charge on any atom is 0.242 e. The first-order valence-corrected chi connectivity index (χ1v) is 7.18. The van der Waals surface area contributed by atoms with Crippen LogP contribution in [0.15, 0.2) is 10.7 Å². The van der Waals surface area contributed by atoms with Gasteiger partial charge in [0.1, 0.15) is 11.9 Å². The second-order valence-electron chi connectivity index (χ2n) is 4.08. The number of hydrogen-bond acceptors (Lipinski definition) is 5. The van der Waals surface area contributed by atoms with Crippen LogP contribution in [0.3, 0.4) is 0 Å². The summed E-state index contributed by atoms with van der Waals surface area (Å²) in [7, 11) is 0. The number of aromatic nitrogens is 2. The van der Waals surface area contributed by atoms with E-state index in [0.29, 0.717) is 18.3 Å². The van der Waals surface area contributed by atoms with Crippen molar-refractivity contribution in [3.8, 4) is 0 Å². The van der Waals surface area contributed by atoms with Crippen LogP contribution >= 0.6 is 15.9 Å². The van der Waals surface area contributed by atoms with Crippen molar-refractivity contribution in [1.82, 2.24) is 15.3 Å². The molecule has 0 aliphatic heterocycles. The third-order valence-corrected chi connectivity index (χ3v) is 2.96. The number of carbonyl (C=O) groups is 1. The molecule has 106 valence electrons. The molecule has 1 unspecified atom stereocenters. The summed E-state index contributed by atoms with van der Waals surface area (Å²) in [5.74, 6) is 1.10. The molecule has 1 atom stereocenters. The molecule has 0 saturated heterocycles. The SMILES string of the molecule is CCCNc1ncc(Br)c(NC(C)C(=O)NCC)n1. The van der Waals surface area contributed by atoms with Crippen LogP contribution < -0.4 is 16.0 Å². The van der Waals surface area contributed by atoms with Gasteiger partial charge in [-0.15, -0.1) is 0 Å². The fourth-order valence-electron chi connectivity index (χ4n) is 1.39. The van der Waals surface area contributed by atoms with E-state index in [4.69, 9.17) is 0 Å². The molecule has 7 heteroatoms. The number of halogens is 1. The third kappa shape index (κ3) is 5.02. The number of anilines is 2. The van der Waals surface area contributed by atoms with Gasteiger partial charge in [-0.25, -0.2) is 4.98 Å². The summed E-state index contributed by atoms with van der Waals surface area (Å²) in [5.41, 5.74) is 0. The van der Waals surface area contributed by atoms with E-state index >= 15 is 0 Å². The Hall–Kier alpha value is -1.37. The lowest BCUT2D eigenvalue weighted by molar-refractivity contribution is -0.121. The molecule has 0 radical (unpaired) electrons. The van der Waals surface area contributed by atoms with Crippen molar-refractivity contribution in [3.05, 3.63) is 10.7 Å². The third-order valence-electron chi connectivity index (χ3n) is 2.37. The average Bonchev–Trinajstić information content (AvgIpc) is 2.39. The fourth-order valence-corrected chi connectivity index (χ4v) is 1.69. The Kier molecular flexibility index (Phi) is 6.55. The first kappa shape index (κ1) is 15.7. The van der Waals surface area contributed by atoms with Crippen LogP contribution in [0, 0.1) is 0 Å². The molecule has 1 heterocycles. The van der Waals surface area contributed by atoms with Gasteiger partial charge in [-0.1, -0.05) is 6.92 Å². The van der Waals surface area contributed by atoms with Gasteiger partial charge in [0.2, 0.25) is 11.9 Å². The Morgan fingerprint density at radius 1 is 1.47 bits per heavy atom. The number of carbonyl (C=O) groups excluding carboxylic acids is 1. The summed E-state index contributed by atoms with van der Waals surface area (Å²) in [6.07, 6.45) is 2.66. The molecule has 0 aromatic carbocycles. The first-order chi connectivity index (χ1) is 9.08. The van der Waals surface area contributed by atoms with Crippen molar-refractivity contribution < 1.29 is 4.79 Å². The summed E-state index contributed by atoms with van der Waals surface area (Å²) in [6, 6.07) is -0.356. The van der Waals surface area contributed by atoms with Gasteiger partial charge >= 0.3 is 0 Å². The highest BCUT2D eigenvalue weighted by atomic mass is 79.9. The highest BCUT2D eigenvalue weighted by Crippen LogP contribution is 2.20. The molecule has 6 nitrogen and oxygen atoms in total. The molecule has 3 N–H and O–H groups in total. The number of hydrogen-bond donors (Lipinski definition) is 3. The zero-order valence-electron chi connectivity index (χ0n) is 11.5. The Labute approximate surface area is 121 Å². The lowest BCUT2D eigenvalue weighted by Gasteiger charge is -2.15. The zero-order chi connectivity index (χ0) is 14.3.